The van der Waals surface area contributed by atoms with E-state index in [1.54, 1.807) is 20.9 Å². The van der Waals surface area contributed by atoms with E-state index in [0.29, 0.717) is 0 Å². The molecule has 0 spiro atoms. The number of benzene rings is 2. The summed E-state index contributed by atoms with van der Waals surface area (Å²) in [5, 5.41) is 2.97. The van der Waals surface area contributed by atoms with E-state index in [2.05, 4.69) is 5.32 Å². The van der Waals surface area contributed by atoms with Crippen molar-refractivity contribution >= 4 is 23.2 Å². The Bertz CT molecular complexity index is 767. The summed E-state index contributed by atoms with van der Waals surface area (Å²) in [6.07, 6.45) is 0.815. The van der Waals surface area contributed by atoms with Crippen LogP contribution in [-0.4, -0.2) is 18.9 Å². The molecule has 0 aliphatic heterocycles. The van der Waals surface area contributed by atoms with Gasteiger partial charge in [0.15, 0.2) is 0 Å². The van der Waals surface area contributed by atoms with E-state index in [9.17, 15) is 9.59 Å². The van der Waals surface area contributed by atoms with Gasteiger partial charge in [-0.05, 0) is 50.5 Å². The van der Waals surface area contributed by atoms with E-state index in [1.807, 2.05) is 62.4 Å². The third kappa shape index (κ3) is 3.90. The summed E-state index contributed by atoms with van der Waals surface area (Å²) in [5.74, 6) is -0.549. The van der Waals surface area contributed by atoms with Crippen LogP contribution >= 0.6 is 0 Å². The first-order valence-electron chi connectivity index (χ1n) is 8.52. The Morgan fingerprint density at radius 3 is 2.28 bits per heavy atom. The molecule has 2 amide bonds. The fourth-order valence-electron chi connectivity index (χ4n) is 2.76. The van der Waals surface area contributed by atoms with E-state index in [0.717, 1.165) is 28.9 Å². The van der Waals surface area contributed by atoms with Crippen LogP contribution in [0.15, 0.2) is 48.5 Å². The maximum atomic E-state index is 12.9. The van der Waals surface area contributed by atoms with Crippen LogP contribution in [0.25, 0.3) is 0 Å². The number of amides is 2. The molecule has 1 N–H and O–H groups in total. The molecule has 2 aromatic rings. The summed E-state index contributed by atoms with van der Waals surface area (Å²) >= 11 is 0. The topological polar surface area (TPSA) is 49.4 Å². The Hall–Kier alpha value is -2.62. The number of nitrogens with zero attached hydrogens (tertiary/aromatic N) is 1. The Labute approximate surface area is 149 Å². The van der Waals surface area contributed by atoms with Gasteiger partial charge in [0.25, 0.3) is 0 Å². The summed E-state index contributed by atoms with van der Waals surface area (Å²) in [5.41, 5.74) is 2.44. The Morgan fingerprint density at radius 1 is 1.04 bits per heavy atom. The van der Waals surface area contributed by atoms with Crippen molar-refractivity contribution in [3.05, 3.63) is 59.7 Å². The Kier molecular flexibility index (Phi) is 5.62. The second-order valence-electron chi connectivity index (χ2n) is 6.74. The van der Waals surface area contributed by atoms with Crippen LogP contribution < -0.4 is 10.2 Å². The van der Waals surface area contributed by atoms with Crippen molar-refractivity contribution in [2.45, 2.75) is 34.1 Å². The minimum Gasteiger partial charge on any atom is -0.325 e. The monoisotopic (exact) mass is 338 g/mol. The molecule has 4 heteroatoms. The number of para-hydroxylation sites is 2. The fourth-order valence-corrected chi connectivity index (χ4v) is 2.76. The molecule has 132 valence electrons. The van der Waals surface area contributed by atoms with Crippen molar-refractivity contribution in [3.8, 4) is 0 Å². The molecule has 4 nitrogen and oxygen atoms in total. The number of nitrogens with one attached hydrogen (secondary N) is 1. The Morgan fingerprint density at radius 2 is 1.68 bits per heavy atom. The van der Waals surface area contributed by atoms with Gasteiger partial charge in [-0.15, -0.1) is 0 Å². The van der Waals surface area contributed by atoms with Gasteiger partial charge in [-0.3, -0.25) is 9.59 Å². The SMILES string of the molecule is CCc1cccc(C)c1NC(=O)C(C)(C)C(=O)N(C)c1ccccc1. The molecule has 0 radical (unpaired) electrons. The van der Waals surface area contributed by atoms with Gasteiger partial charge in [-0.25, -0.2) is 0 Å². The molecule has 0 aromatic heterocycles. The third-order valence-corrected chi connectivity index (χ3v) is 4.53. The minimum absolute atomic E-state index is 0.247. The maximum Gasteiger partial charge on any atom is 0.241 e. The molecule has 0 saturated heterocycles. The molecule has 2 rings (SSSR count). The zero-order valence-electron chi connectivity index (χ0n) is 15.6. The average Bonchev–Trinajstić information content (AvgIpc) is 2.62. The number of hydrogen-bond donors (Lipinski definition) is 1. The van der Waals surface area contributed by atoms with Crippen LogP contribution in [0.3, 0.4) is 0 Å². The molecule has 0 unspecified atom stereocenters. The standard InChI is InChI=1S/C21H26N2O2/c1-6-16-12-10-11-15(2)18(16)22-19(24)21(3,4)20(25)23(5)17-13-8-7-9-14-17/h7-14H,6H2,1-5H3,(H,22,24). The summed E-state index contributed by atoms with van der Waals surface area (Å²) in [6.45, 7) is 7.32. The van der Waals surface area contributed by atoms with E-state index < -0.39 is 5.41 Å². The highest BCUT2D eigenvalue weighted by molar-refractivity contribution is 6.15. The highest BCUT2D eigenvalue weighted by atomic mass is 16.2. The average molecular weight is 338 g/mol. The van der Waals surface area contributed by atoms with E-state index in [4.69, 9.17) is 0 Å². The summed E-state index contributed by atoms with van der Waals surface area (Å²) in [7, 11) is 1.69. The molecule has 25 heavy (non-hydrogen) atoms. The van der Waals surface area contributed by atoms with Crippen molar-refractivity contribution in [2.24, 2.45) is 5.41 Å². The molecule has 0 bridgehead atoms. The predicted molar refractivity (Wildman–Crippen MR) is 103 cm³/mol. The van der Waals surface area contributed by atoms with Gasteiger partial charge in [0, 0.05) is 18.4 Å². The van der Waals surface area contributed by atoms with Crippen LogP contribution in [0.2, 0.25) is 0 Å². The number of carbonyl (C=O) groups is 2. The lowest BCUT2D eigenvalue weighted by Crippen LogP contribution is -2.46. The highest BCUT2D eigenvalue weighted by Crippen LogP contribution is 2.27. The molecular weight excluding hydrogens is 312 g/mol. The van der Waals surface area contributed by atoms with Gasteiger partial charge in [0.2, 0.25) is 11.8 Å². The van der Waals surface area contributed by atoms with Gasteiger partial charge in [-0.2, -0.15) is 0 Å². The van der Waals surface area contributed by atoms with E-state index >= 15 is 0 Å². The third-order valence-electron chi connectivity index (χ3n) is 4.53. The predicted octanol–water partition coefficient (Wildman–Crippen LogP) is 4.19. The number of anilines is 2. The molecule has 0 aliphatic rings. The van der Waals surface area contributed by atoms with Crippen molar-refractivity contribution in [3.63, 3.8) is 0 Å². The lowest BCUT2D eigenvalue weighted by Gasteiger charge is -2.29. The van der Waals surface area contributed by atoms with Gasteiger partial charge in [-0.1, -0.05) is 43.3 Å². The van der Waals surface area contributed by atoms with Crippen molar-refractivity contribution < 1.29 is 9.59 Å². The second-order valence-corrected chi connectivity index (χ2v) is 6.74. The van der Waals surface area contributed by atoms with Crippen LogP contribution in [0, 0.1) is 12.3 Å². The molecule has 0 heterocycles. The van der Waals surface area contributed by atoms with Crippen molar-refractivity contribution in [1.82, 2.24) is 0 Å². The molecule has 0 fully saturated rings. The molecule has 2 aromatic carbocycles. The first-order valence-corrected chi connectivity index (χ1v) is 8.52. The van der Waals surface area contributed by atoms with Gasteiger partial charge >= 0.3 is 0 Å². The molecule has 0 atom stereocenters. The van der Waals surface area contributed by atoms with Gasteiger partial charge < -0.3 is 10.2 Å². The van der Waals surface area contributed by atoms with Crippen LogP contribution in [0.1, 0.15) is 31.9 Å². The number of aryl methyl sites for hydroxylation is 2. The Balaban J connectivity index is 2.24. The normalized spacial score (nSPS) is 11.1. The van der Waals surface area contributed by atoms with Gasteiger partial charge in [0.05, 0.1) is 0 Å². The first-order chi connectivity index (χ1) is 11.8. The number of hydrogen-bond acceptors (Lipinski definition) is 2. The summed E-state index contributed by atoms with van der Waals surface area (Å²) in [6, 6.07) is 15.3. The summed E-state index contributed by atoms with van der Waals surface area (Å²) in [4.78, 5) is 27.3. The molecule has 0 aliphatic carbocycles. The fraction of sp³-hybridized carbons (Fsp3) is 0.333. The first kappa shape index (κ1) is 18.7. The second kappa shape index (κ2) is 7.51. The highest BCUT2D eigenvalue weighted by Gasteiger charge is 2.39. The van der Waals surface area contributed by atoms with Crippen molar-refractivity contribution in [1.29, 1.82) is 0 Å². The lowest BCUT2D eigenvalue weighted by molar-refractivity contribution is -0.136. The lowest BCUT2D eigenvalue weighted by atomic mass is 9.89. The smallest absolute Gasteiger partial charge is 0.241 e. The van der Waals surface area contributed by atoms with Crippen LogP contribution in [-0.2, 0) is 16.0 Å². The maximum absolute atomic E-state index is 12.9. The number of rotatable bonds is 5. The quantitative estimate of drug-likeness (QED) is 0.831. The zero-order valence-corrected chi connectivity index (χ0v) is 15.6. The van der Waals surface area contributed by atoms with E-state index in [1.165, 1.54) is 4.90 Å². The minimum atomic E-state index is -1.18. The molecular formula is C21H26N2O2. The molecule has 0 saturated carbocycles. The zero-order chi connectivity index (χ0) is 18.6. The largest absolute Gasteiger partial charge is 0.325 e. The van der Waals surface area contributed by atoms with Crippen LogP contribution in [0.5, 0.6) is 0 Å². The van der Waals surface area contributed by atoms with Crippen molar-refractivity contribution in [2.75, 3.05) is 17.3 Å². The van der Waals surface area contributed by atoms with Crippen LogP contribution in [0.4, 0.5) is 11.4 Å². The summed E-state index contributed by atoms with van der Waals surface area (Å²) < 4.78 is 0. The van der Waals surface area contributed by atoms with Gasteiger partial charge in [0.1, 0.15) is 5.41 Å². The number of carbonyl (C=O) groups excluding carboxylic acids is 2. The van der Waals surface area contributed by atoms with E-state index in [-0.39, 0.29) is 11.8 Å².